The van der Waals surface area contributed by atoms with Gasteiger partial charge in [0.05, 0.1) is 17.4 Å². The number of rotatable bonds is 9. The van der Waals surface area contributed by atoms with Crippen molar-refractivity contribution in [2.45, 2.75) is 39.4 Å². The van der Waals surface area contributed by atoms with Crippen LogP contribution < -0.4 is 10.4 Å². The van der Waals surface area contributed by atoms with Crippen molar-refractivity contribution in [3.63, 3.8) is 0 Å². The second kappa shape index (κ2) is 11.5. The number of aliphatic hydroxyl groups excluding tert-OH is 1. The molecule has 5 aromatic rings. The second-order valence-corrected chi connectivity index (χ2v) is 10.9. The monoisotopic (exact) mass is 512 g/mol. The van der Waals surface area contributed by atoms with Crippen molar-refractivity contribution in [2.24, 2.45) is 5.92 Å². The molecule has 0 bridgehead atoms. The van der Waals surface area contributed by atoms with E-state index in [1.165, 1.54) is 10.8 Å². The zero-order valence-corrected chi connectivity index (χ0v) is 23.1. The molecule has 0 saturated heterocycles. The standard InChI is InChI=1S/C35H35BNO2/c1-25(2)34(38)35(3,4)39-36-29-21-17-26(18-22-29)27-19-23-31(24-20-27)37(30-13-6-5-7-14-30)33-16-10-12-28-11-8-9-15-32(28)33/h5-25,34,38H,1-4H3. The van der Waals surface area contributed by atoms with Crippen LogP contribution >= 0.6 is 0 Å². The number of hydrogen-bond donors (Lipinski definition) is 1. The molecule has 4 heteroatoms. The van der Waals surface area contributed by atoms with E-state index < -0.39 is 11.7 Å². The van der Waals surface area contributed by atoms with Gasteiger partial charge in [0.1, 0.15) is 0 Å². The SMILES string of the molecule is CC(C)C(O)C(C)(C)O[B]c1ccc(-c2ccc(N(c3ccccc3)c3cccc4ccccc34)cc2)cc1. The second-order valence-electron chi connectivity index (χ2n) is 10.9. The van der Waals surface area contributed by atoms with Crippen LogP contribution in [0, 0.1) is 5.92 Å². The Morgan fingerprint density at radius 2 is 1.23 bits per heavy atom. The molecule has 0 amide bonds. The average Bonchev–Trinajstić information content (AvgIpc) is 2.97. The van der Waals surface area contributed by atoms with Gasteiger partial charge in [-0.15, -0.1) is 0 Å². The highest BCUT2D eigenvalue weighted by atomic mass is 16.5. The van der Waals surface area contributed by atoms with Crippen molar-refractivity contribution >= 4 is 40.8 Å². The van der Waals surface area contributed by atoms with E-state index in [2.05, 4.69) is 108 Å². The zero-order valence-electron chi connectivity index (χ0n) is 23.1. The number of aliphatic hydroxyl groups is 1. The molecular weight excluding hydrogens is 477 g/mol. The molecule has 195 valence electrons. The molecule has 0 aliphatic heterocycles. The summed E-state index contributed by atoms with van der Waals surface area (Å²) in [4.78, 5) is 2.31. The van der Waals surface area contributed by atoms with E-state index in [0.29, 0.717) is 0 Å². The molecule has 0 heterocycles. The normalized spacial score (nSPS) is 12.5. The van der Waals surface area contributed by atoms with Gasteiger partial charge in [0, 0.05) is 16.8 Å². The minimum absolute atomic E-state index is 0.122. The smallest absolute Gasteiger partial charge is 0.330 e. The van der Waals surface area contributed by atoms with Crippen LogP contribution in [-0.2, 0) is 4.65 Å². The lowest BCUT2D eigenvalue weighted by atomic mass is 9.83. The number of anilines is 3. The molecule has 1 radical (unpaired) electrons. The first-order valence-electron chi connectivity index (χ1n) is 13.6. The largest absolute Gasteiger partial charge is 0.427 e. The fourth-order valence-corrected chi connectivity index (χ4v) is 5.06. The van der Waals surface area contributed by atoms with E-state index in [9.17, 15) is 5.11 Å². The average molecular weight is 512 g/mol. The summed E-state index contributed by atoms with van der Waals surface area (Å²) in [5.41, 5.74) is 5.96. The van der Waals surface area contributed by atoms with Gasteiger partial charge in [0.15, 0.2) is 0 Å². The maximum Gasteiger partial charge on any atom is 0.330 e. The van der Waals surface area contributed by atoms with Crippen molar-refractivity contribution in [2.75, 3.05) is 4.90 Å². The predicted octanol–water partition coefficient (Wildman–Crippen LogP) is 8.03. The van der Waals surface area contributed by atoms with Crippen LogP contribution in [0.5, 0.6) is 0 Å². The quantitative estimate of drug-likeness (QED) is 0.203. The van der Waals surface area contributed by atoms with E-state index in [0.717, 1.165) is 33.7 Å². The number of fused-ring (bicyclic) bond motifs is 1. The summed E-state index contributed by atoms with van der Waals surface area (Å²) in [6.45, 7) is 7.83. The molecule has 5 rings (SSSR count). The van der Waals surface area contributed by atoms with Gasteiger partial charge in [-0.1, -0.05) is 110 Å². The highest BCUT2D eigenvalue weighted by molar-refractivity contribution is 6.47. The molecule has 5 aromatic carbocycles. The molecule has 0 aliphatic carbocycles. The summed E-state index contributed by atoms with van der Waals surface area (Å²) < 4.78 is 5.96. The van der Waals surface area contributed by atoms with Gasteiger partial charge in [-0.2, -0.15) is 0 Å². The van der Waals surface area contributed by atoms with Gasteiger partial charge < -0.3 is 14.7 Å². The van der Waals surface area contributed by atoms with Crippen LogP contribution in [0.3, 0.4) is 0 Å². The molecule has 3 nitrogen and oxygen atoms in total. The first-order valence-corrected chi connectivity index (χ1v) is 13.6. The Morgan fingerprint density at radius 1 is 0.667 bits per heavy atom. The summed E-state index contributed by atoms with van der Waals surface area (Å²) in [5, 5.41) is 12.9. The van der Waals surface area contributed by atoms with Crippen molar-refractivity contribution in [3.8, 4) is 11.1 Å². The van der Waals surface area contributed by atoms with E-state index in [1.807, 2.05) is 45.9 Å². The van der Waals surface area contributed by atoms with Crippen molar-refractivity contribution in [1.29, 1.82) is 0 Å². The molecule has 39 heavy (non-hydrogen) atoms. The van der Waals surface area contributed by atoms with Crippen molar-refractivity contribution in [3.05, 3.63) is 121 Å². The number of benzene rings is 5. The lowest BCUT2D eigenvalue weighted by Gasteiger charge is -2.33. The Bertz CT molecular complexity index is 1510. The van der Waals surface area contributed by atoms with Crippen molar-refractivity contribution < 1.29 is 9.76 Å². The van der Waals surface area contributed by atoms with Gasteiger partial charge in [0.2, 0.25) is 0 Å². The van der Waals surface area contributed by atoms with Crippen LogP contribution in [0.15, 0.2) is 121 Å². The lowest BCUT2D eigenvalue weighted by Crippen LogP contribution is -2.44. The van der Waals surface area contributed by atoms with Gasteiger partial charge >= 0.3 is 7.48 Å². The van der Waals surface area contributed by atoms with E-state index in [-0.39, 0.29) is 5.92 Å². The maximum absolute atomic E-state index is 10.4. The van der Waals surface area contributed by atoms with Gasteiger partial charge in [-0.25, -0.2) is 0 Å². The van der Waals surface area contributed by atoms with E-state index >= 15 is 0 Å². The molecule has 0 aromatic heterocycles. The van der Waals surface area contributed by atoms with Gasteiger partial charge in [-0.05, 0) is 66.6 Å². The minimum atomic E-state index is -0.655. The molecular formula is C35H35BNO2. The Hall–Kier alpha value is -3.86. The van der Waals surface area contributed by atoms with Crippen LogP contribution in [0.4, 0.5) is 17.1 Å². The third-order valence-electron chi connectivity index (χ3n) is 7.23. The Balaban J connectivity index is 1.39. The summed E-state index contributed by atoms with van der Waals surface area (Å²) in [6.07, 6.45) is -0.545. The molecule has 0 spiro atoms. The van der Waals surface area contributed by atoms with Crippen LogP contribution in [0.1, 0.15) is 27.7 Å². The molecule has 1 unspecified atom stereocenters. The summed E-state index contributed by atoms with van der Waals surface area (Å²) in [7, 11) is 1.74. The summed E-state index contributed by atoms with van der Waals surface area (Å²) in [6, 6.07) is 42.5. The maximum atomic E-state index is 10.4. The van der Waals surface area contributed by atoms with Crippen molar-refractivity contribution in [1.82, 2.24) is 0 Å². The van der Waals surface area contributed by atoms with Gasteiger partial charge in [0.25, 0.3) is 0 Å². The number of nitrogens with zero attached hydrogens (tertiary/aromatic N) is 1. The summed E-state index contributed by atoms with van der Waals surface area (Å²) in [5.74, 6) is 0.122. The van der Waals surface area contributed by atoms with Crippen LogP contribution in [-0.4, -0.2) is 24.3 Å². The fourth-order valence-electron chi connectivity index (χ4n) is 5.06. The van der Waals surface area contributed by atoms with E-state index in [4.69, 9.17) is 4.65 Å². The van der Waals surface area contributed by atoms with Crippen LogP contribution in [0.2, 0.25) is 0 Å². The lowest BCUT2D eigenvalue weighted by molar-refractivity contribution is -0.0499. The zero-order chi connectivity index (χ0) is 27.4. The molecule has 1 atom stereocenters. The van der Waals surface area contributed by atoms with Gasteiger partial charge in [-0.3, -0.25) is 0 Å². The minimum Gasteiger partial charge on any atom is -0.427 e. The fraction of sp³-hybridized carbons (Fsp3) is 0.200. The Labute approximate surface area is 233 Å². The first kappa shape index (κ1) is 26.7. The van der Waals surface area contributed by atoms with Crippen LogP contribution in [0.25, 0.3) is 21.9 Å². The molecule has 0 aliphatic rings. The third-order valence-corrected chi connectivity index (χ3v) is 7.23. The predicted molar refractivity (Wildman–Crippen MR) is 165 cm³/mol. The Kier molecular flexibility index (Phi) is 7.88. The van der Waals surface area contributed by atoms with E-state index in [1.54, 1.807) is 7.48 Å². The molecule has 1 N–H and O–H groups in total. The number of hydrogen-bond acceptors (Lipinski definition) is 3. The molecule has 0 fully saturated rings. The topological polar surface area (TPSA) is 32.7 Å². The third kappa shape index (κ3) is 5.93. The highest BCUT2D eigenvalue weighted by Crippen LogP contribution is 2.39. The molecule has 0 saturated carbocycles. The number of para-hydroxylation sites is 1. The highest BCUT2D eigenvalue weighted by Gasteiger charge is 2.30. The summed E-state index contributed by atoms with van der Waals surface area (Å²) >= 11 is 0. The first-order chi connectivity index (χ1) is 18.8. The Morgan fingerprint density at radius 3 is 1.90 bits per heavy atom.